The second kappa shape index (κ2) is 5.88. The molecular weight excluding hydrogens is 313 g/mol. The Morgan fingerprint density at radius 3 is 2.45 bits per heavy atom. The van der Waals surface area contributed by atoms with Crippen molar-refractivity contribution < 1.29 is 0 Å². The van der Waals surface area contributed by atoms with Gasteiger partial charge < -0.3 is 5.73 Å². The van der Waals surface area contributed by atoms with Crippen LogP contribution in [0.25, 0.3) is 0 Å². The van der Waals surface area contributed by atoms with E-state index in [0.717, 1.165) is 12.8 Å². The van der Waals surface area contributed by atoms with Gasteiger partial charge in [0, 0.05) is 11.5 Å². The van der Waals surface area contributed by atoms with Gasteiger partial charge in [-0.15, -0.1) is 0 Å². The predicted molar refractivity (Wildman–Crippen MR) is 94.8 cm³/mol. The van der Waals surface area contributed by atoms with Crippen molar-refractivity contribution in [3.63, 3.8) is 0 Å². The Labute approximate surface area is 142 Å². The molecule has 0 fully saturated rings. The number of hydrogen-bond acceptors (Lipinski definition) is 1. The van der Waals surface area contributed by atoms with Gasteiger partial charge in [-0.3, -0.25) is 0 Å². The van der Waals surface area contributed by atoms with Crippen molar-refractivity contribution in [1.82, 2.24) is 0 Å². The molecule has 0 aromatic heterocycles. The maximum atomic E-state index is 6.41. The summed E-state index contributed by atoms with van der Waals surface area (Å²) in [6.45, 7) is 4.25. The fourth-order valence-corrected chi connectivity index (χ4v) is 3.74. The Kier molecular flexibility index (Phi) is 4.24. The monoisotopic (exact) mass is 333 g/mol. The van der Waals surface area contributed by atoms with E-state index in [-0.39, 0.29) is 5.54 Å². The lowest BCUT2D eigenvalue weighted by Crippen LogP contribution is -2.44. The Bertz CT molecular complexity index is 688. The average molecular weight is 334 g/mol. The first kappa shape index (κ1) is 15.9. The molecule has 22 heavy (non-hydrogen) atoms. The molecular formula is C19H21Cl2N. The molecule has 2 atom stereocenters. The second-order valence-electron chi connectivity index (χ2n) is 6.88. The molecule has 3 heteroatoms. The highest BCUT2D eigenvalue weighted by Gasteiger charge is 2.34. The van der Waals surface area contributed by atoms with E-state index < -0.39 is 0 Å². The summed E-state index contributed by atoms with van der Waals surface area (Å²) in [4.78, 5) is 0. The van der Waals surface area contributed by atoms with E-state index >= 15 is 0 Å². The summed E-state index contributed by atoms with van der Waals surface area (Å²) in [5, 5.41) is 1.22. The minimum Gasteiger partial charge on any atom is -0.325 e. The maximum absolute atomic E-state index is 6.41. The predicted octanol–water partition coefficient (Wildman–Crippen LogP) is 5.43. The highest BCUT2D eigenvalue weighted by Crippen LogP contribution is 2.43. The van der Waals surface area contributed by atoms with E-state index in [1.54, 1.807) is 0 Å². The van der Waals surface area contributed by atoms with Crippen molar-refractivity contribution >= 4 is 23.2 Å². The molecule has 2 aromatic carbocycles. The third kappa shape index (κ3) is 3.03. The maximum Gasteiger partial charge on any atom is 0.0595 e. The lowest BCUT2D eigenvalue weighted by molar-refractivity contribution is 0.276. The molecule has 0 heterocycles. The van der Waals surface area contributed by atoms with Crippen molar-refractivity contribution in [1.29, 1.82) is 0 Å². The van der Waals surface area contributed by atoms with Crippen LogP contribution in [0.15, 0.2) is 42.5 Å². The third-order valence-corrected chi connectivity index (χ3v) is 5.55. The van der Waals surface area contributed by atoms with Crippen molar-refractivity contribution in [2.24, 2.45) is 11.7 Å². The molecule has 1 aliphatic carbocycles. The summed E-state index contributed by atoms with van der Waals surface area (Å²) < 4.78 is 0. The molecule has 0 amide bonds. The highest BCUT2D eigenvalue weighted by atomic mass is 35.5. The first-order chi connectivity index (χ1) is 10.4. The zero-order valence-corrected chi connectivity index (χ0v) is 14.5. The van der Waals surface area contributed by atoms with Crippen LogP contribution < -0.4 is 5.73 Å². The SMILES string of the molecule is CC(C)(N)C1Cc2ccccc2C(c2ccc(Cl)c(Cl)c2)C1. The van der Waals surface area contributed by atoms with Gasteiger partial charge in [-0.05, 0) is 61.4 Å². The van der Waals surface area contributed by atoms with Gasteiger partial charge in [0.1, 0.15) is 0 Å². The van der Waals surface area contributed by atoms with Crippen LogP contribution in [0, 0.1) is 5.92 Å². The van der Waals surface area contributed by atoms with Gasteiger partial charge in [-0.25, -0.2) is 0 Å². The van der Waals surface area contributed by atoms with Crippen LogP contribution in [-0.4, -0.2) is 5.54 Å². The van der Waals surface area contributed by atoms with Crippen LogP contribution in [0.3, 0.4) is 0 Å². The number of halogens is 2. The molecule has 2 aromatic rings. The van der Waals surface area contributed by atoms with Gasteiger partial charge >= 0.3 is 0 Å². The molecule has 0 radical (unpaired) electrons. The number of benzene rings is 2. The minimum atomic E-state index is -0.192. The Morgan fingerprint density at radius 2 is 1.77 bits per heavy atom. The number of hydrogen-bond donors (Lipinski definition) is 1. The number of nitrogens with two attached hydrogens (primary N) is 1. The molecule has 0 aliphatic heterocycles. The first-order valence-corrected chi connectivity index (χ1v) is 8.43. The van der Waals surface area contributed by atoms with Gasteiger partial charge in [0.15, 0.2) is 0 Å². The lowest BCUT2D eigenvalue weighted by atomic mass is 9.68. The van der Waals surface area contributed by atoms with E-state index in [4.69, 9.17) is 28.9 Å². The molecule has 0 bridgehead atoms. The van der Waals surface area contributed by atoms with Crippen LogP contribution >= 0.6 is 23.2 Å². The van der Waals surface area contributed by atoms with E-state index in [0.29, 0.717) is 21.9 Å². The zero-order chi connectivity index (χ0) is 15.9. The summed E-state index contributed by atoms with van der Waals surface area (Å²) in [5.74, 6) is 0.773. The van der Waals surface area contributed by atoms with Gasteiger partial charge in [0.2, 0.25) is 0 Å². The van der Waals surface area contributed by atoms with Crippen LogP contribution in [0.1, 0.15) is 42.9 Å². The van der Waals surface area contributed by atoms with E-state index in [9.17, 15) is 0 Å². The standard InChI is InChI=1S/C19H21Cl2N/c1-19(2,22)14-9-12-5-3-4-6-15(12)16(11-14)13-7-8-17(20)18(21)10-13/h3-8,10,14,16H,9,11,22H2,1-2H3. The van der Waals surface area contributed by atoms with Crippen molar-refractivity contribution in [3.05, 3.63) is 69.2 Å². The summed E-state index contributed by atoms with van der Waals surface area (Å²) in [6.07, 6.45) is 2.08. The Hall–Kier alpha value is -1.02. The lowest BCUT2D eigenvalue weighted by Gasteiger charge is -2.39. The Balaban J connectivity index is 2.06. The fraction of sp³-hybridized carbons (Fsp3) is 0.368. The summed E-state index contributed by atoms with van der Waals surface area (Å²) in [6, 6.07) is 14.6. The zero-order valence-electron chi connectivity index (χ0n) is 12.9. The molecule has 2 unspecified atom stereocenters. The van der Waals surface area contributed by atoms with Crippen LogP contribution in [-0.2, 0) is 6.42 Å². The molecule has 0 spiro atoms. The van der Waals surface area contributed by atoms with Crippen LogP contribution in [0.2, 0.25) is 10.0 Å². The smallest absolute Gasteiger partial charge is 0.0595 e. The van der Waals surface area contributed by atoms with Gasteiger partial charge in [-0.1, -0.05) is 53.5 Å². The Morgan fingerprint density at radius 1 is 1.05 bits per heavy atom. The van der Waals surface area contributed by atoms with E-state index in [2.05, 4.69) is 44.2 Å². The first-order valence-electron chi connectivity index (χ1n) is 7.68. The van der Waals surface area contributed by atoms with Gasteiger partial charge in [0.25, 0.3) is 0 Å². The highest BCUT2D eigenvalue weighted by molar-refractivity contribution is 6.42. The molecule has 116 valence electrons. The van der Waals surface area contributed by atoms with E-state index in [1.807, 2.05) is 12.1 Å². The minimum absolute atomic E-state index is 0.192. The summed E-state index contributed by atoms with van der Waals surface area (Å²) in [5.41, 5.74) is 10.2. The second-order valence-corrected chi connectivity index (χ2v) is 7.70. The van der Waals surface area contributed by atoms with Crippen molar-refractivity contribution in [2.45, 2.75) is 38.1 Å². The van der Waals surface area contributed by atoms with Crippen molar-refractivity contribution in [3.8, 4) is 0 Å². The van der Waals surface area contributed by atoms with Crippen LogP contribution in [0.4, 0.5) is 0 Å². The molecule has 0 saturated heterocycles. The molecule has 3 rings (SSSR count). The quantitative estimate of drug-likeness (QED) is 0.779. The largest absolute Gasteiger partial charge is 0.325 e. The summed E-state index contributed by atoms with van der Waals surface area (Å²) in [7, 11) is 0. The molecule has 0 saturated carbocycles. The average Bonchev–Trinajstić information content (AvgIpc) is 2.48. The fourth-order valence-electron chi connectivity index (χ4n) is 3.43. The van der Waals surface area contributed by atoms with Gasteiger partial charge in [-0.2, -0.15) is 0 Å². The molecule has 2 N–H and O–H groups in total. The van der Waals surface area contributed by atoms with Crippen molar-refractivity contribution in [2.75, 3.05) is 0 Å². The normalized spacial score (nSPS) is 21.5. The van der Waals surface area contributed by atoms with E-state index in [1.165, 1.54) is 16.7 Å². The number of fused-ring (bicyclic) bond motifs is 1. The molecule has 1 nitrogen and oxygen atoms in total. The molecule has 1 aliphatic rings. The summed E-state index contributed by atoms with van der Waals surface area (Å²) >= 11 is 12.3. The van der Waals surface area contributed by atoms with Crippen LogP contribution in [0.5, 0.6) is 0 Å². The number of rotatable bonds is 2. The topological polar surface area (TPSA) is 26.0 Å². The third-order valence-electron chi connectivity index (χ3n) is 4.82. The van der Waals surface area contributed by atoms with Gasteiger partial charge in [0.05, 0.1) is 10.0 Å².